The first kappa shape index (κ1) is 17.8. The van der Waals surface area contributed by atoms with Gasteiger partial charge in [-0.3, -0.25) is 10.1 Å². The predicted molar refractivity (Wildman–Crippen MR) is 90.0 cm³/mol. The SMILES string of the molecule is CC(C)(C)c1cc(NC(=O)COC(=O)c2cccc(Cl)c2N)on1. The molecule has 7 nitrogen and oxygen atoms in total. The Bertz CT molecular complexity index is 765. The Kier molecular flexibility index (Phi) is 5.14. The van der Waals surface area contributed by atoms with Gasteiger partial charge in [0.15, 0.2) is 6.61 Å². The zero-order valence-electron chi connectivity index (χ0n) is 13.6. The van der Waals surface area contributed by atoms with Crippen LogP contribution in [0.3, 0.4) is 0 Å². The summed E-state index contributed by atoms with van der Waals surface area (Å²) in [6.07, 6.45) is 0. The minimum Gasteiger partial charge on any atom is -0.452 e. The van der Waals surface area contributed by atoms with Gasteiger partial charge in [-0.25, -0.2) is 4.79 Å². The summed E-state index contributed by atoms with van der Waals surface area (Å²) in [5.41, 5.74) is 6.40. The molecule has 0 aliphatic heterocycles. The Morgan fingerprint density at radius 3 is 2.71 bits per heavy atom. The maximum Gasteiger partial charge on any atom is 0.340 e. The number of hydrogen-bond acceptors (Lipinski definition) is 6. The number of benzene rings is 1. The van der Waals surface area contributed by atoms with Gasteiger partial charge < -0.3 is 15.0 Å². The molecule has 0 bridgehead atoms. The number of hydrogen-bond donors (Lipinski definition) is 2. The Labute approximate surface area is 144 Å². The Morgan fingerprint density at radius 1 is 1.38 bits per heavy atom. The standard InChI is InChI=1S/C16H18ClN3O4/c1-16(2,3)11-7-13(24-20-11)19-12(21)8-23-15(22)9-5-4-6-10(17)14(9)18/h4-7H,8,18H2,1-3H3,(H,19,21). The maximum atomic E-state index is 11.9. The molecule has 0 radical (unpaired) electrons. The highest BCUT2D eigenvalue weighted by atomic mass is 35.5. The highest BCUT2D eigenvalue weighted by molar-refractivity contribution is 6.33. The molecule has 24 heavy (non-hydrogen) atoms. The molecule has 0 aliphatic carbocycles. The van der Waals surface area contributed by atoms with Gasteiger partial charge in [0.2, 0.25) is 5.88 Å². The van der Waals surface area contributed by atoms with Crippen LogP contribution in [0.4, 0.5) is 11.6 Å². The Balaban J connectivity index is 1.92. The Morgan fingerprint density at radius 2 is 2.08 bits per heavy atom. The molecule has 1 aromatic heterocycles. The van der Waals surface area contributed by atoms with Gasteiger partial charge in [0.05, 0.1) is 22.0 Å². The van der Waals surface area contributed by atoms with Crippen molar-refractivity contribution in [2.75, 3.05) is 17.7 Å². The van der Waals surface area contributed by atoms with E-state index in [9.17, 15) is 9.59 Å². The van der Waals surface area contributed by atoms with E-state index in [-0.39, 0.29) is 27.6 Å². The number of aromatic nitrogens is 1. The van der Waals surface area contributed by atoms with Crippen LogP contribution in [0, 0.1) is 0 Å². The van der Waals surface area contributed by atoms with Crippen LogP contribution in [-0.4, -0.2) is 23.6 Å². The first-order chi connectivity index (χ1) is 11.2. The van der Waals surface area contributed by atoms with Crippen LogP contribution < -0.4 is 11.1 Å². The quantitative estimate of drug-likeness (QED) is 0.647. The number of nitrogens with two attached hydrogens (primary N) is 1. The van der Waals surface area contributed by atoms with E-state index < -0.39 is 18.5 Å². The summed E-state index contributed by atoms with van der Waals surface area (Å²) < 4.78 is 9.95. The van der Waals surface area contributed by atoms with Crippen LogP contribution in [0.15, 0.2) is 28.8 Å². The van der Waals surface area contributed by atoms with Gasteiger partial charge in [0.25, 0.3) is 5.91 Å². The molecular weight excluding hydrogens is 334 g/mol. The molecule has 0 spiro atoms. The third-order valence-electron chi connectivity index (χ3n) is 3.15. The lowest BCUT2D eigenvalue weighted by molar-refractivity contribution is -0.119. The summed E-state index contributed by atoms with van der Waals surface area (Å²) in [4.78, 5) is 23.8. The second-order valence-corrected chi connectivity index (χ2v) is 6.56. The molecule has 0 atom stereocenters. The third kappa shape index (κ3) is 4.26. The average molecular weight is 352 g/mol. The van der Waals surface area contributed by atoms with E-state index in [0.29, 0.717) is 5.69 Å². The van der Waals surface area contributed by atoms with Crippen molar-refractivity contribution in [3.63, 3.8) is 0 Å². The summed E-state index contributed by atoms with van der Waals surface area (Å²) in [6, 6.07) is 6.21. The number of esters is 1. The largest absolute Gasteiger partial charge is 0.452 e. The smallest absolute Gasteiger partial charge is 0.340 e. The van der Waals surface area contributed by atoms with Crippen LogP contribution in [0.5, 0.6) is 0 Å². The minimum atomic E-state index is -0.738. The van der Waals surface area contributed by atoms with Gasteiger partial charge in [0, 0.05) is 11.5 Å². The normalized spacial score (nSPS) is 11.2. The number of nitrogens with one attached hydrogen (secondary N) is 1. The number of halogens is 1. The van der Waals surface area contributed by atoms with Crippen molar-refractivity contribution >= 4 is 35.0 Å². The molecule has 3 N–H and O–H groups in total. The zero-order chi connectivity index (χ0) is 17.9. The number of nitrogens with zero attached hydrogens (tertiary/aromatic N) is 1. The van der Waals surface area contributed by atoms with Crippen molar-refractivity contribution in [2.24, 2.45) is 0 Å². The van der Waals surface area contributed by atoms with E-state index >= 15 is 0 Å². The topological polar surface area (TPSA) is 107 Å². The highest BCUT2D eigenvalue weighted by Crippen LogP contribution is 2.24. The van der Waals surface area contributed by atoms with E-state index in [2.05, 4.69) is 10.5 Å². The summed E-state index contributed by atoms with van der Waals surface area (Å²) in [7, 11) is 0. The fraction of sp³-hybridized carbons (Fsp3) is 0.312. The fourth-order valence-electron chi connectivity index (χ4n) is 1.78. The van der Waals surface area contributed by atoms with E-state index in [1.165, 1.54) is 6.07 Å². The first-order valence-corrected chi connectivity index (χ1v) is 7.54. The molecule has 128 valence electrons. The number of anilines is 2. The van der Waals surface area contributed by atoms with Crippen LogP contribution in [0.2, 0.25) is 5.02 Å². The van der Waals surface area contributed by atoms with Crippen molar-refractivity contribution in [1.29, 1.82) is 0 Å². The number of rotatable bonds is 4. The first-order valence-electron chi connectivity index (χ1n) is 7.16. The van der Waals surface area contributed by atoms with Crippen molar-refractivity contribution in [1.82, 2.24) is 5.16 Å². The molecule has 0 aliphatic rings. The van der Waals surface area contributed by atoms with Gasteiger partial charge in [-0.1, -0.05) is 43.6 Å². The van der Waals surface area contributed by atoms with Crippen molar-refractivity contribution in [2.45, 2.75) is 26.2 Å². The number of nitrogen functional groups attached to an aromatic ring is 1. The molecule has 0 saturated carbocycles. The Hall–Kier alpha value is -2.54. The minimum absolute atomic E-state index is 0.102. The number of carbonyl (C=O) groups is 2. The summed E-state index contributed by atoms with van der Waals surface area (Å²) in [5, 5.41) is 6.58. The molecular formula is C16H18ClN3O4. The summed E-state index contributed by atoms with van der Waals surface area (Å²) >= 11 is 5.84. The predicted octanol–water partition coefficient (Wildman–Crippen LogP) is 3.00. The lowest BCUT2D eigenvalue weighted by Crippen LogP contribution is -2.21. The molecule has 2 rings (SSSR count). The average Bonchev–Trinajstić information content (AvgIpc) is 2.96. The zero-order valence-corrected chi connectivity index (χ0v) is 14.3. The van der Waals surface area contributed by atoms with Crippen molar-refractivity contribution in [3.8, 4) is 0 Å². The molecule has 0 saturated heterocycles. The molecule has 8 heteroatoms. The van der Waals surface area contributed by atoms with Crippen LogP contribution in [0.25, 0.3) is 0 Å². The second kappa shape index (κ2) is 6.92. The van der Waals surface area contributed by atoms with Gasteiger partial charge in [-0.15, -0.1) is 0 Å². The van der Waals surface area contributed by atoms with Crippen LogP contribution >= 0.6 is 11.6 Å². The van der Waals surface area contributed by atoms with Crippen molar-refractivity contribution < 1.29 is 18.8 Å². The number of amides is 1. The number of carbonyl (C=O) groups excluding carboxylic acids is 2. The van der Waals surface area contributed by atoms with E-state index in [1.807, 2.05) is 20.8 Å². The van der Waals surface area contributed by atoms with Gasteiger partial charge in [-0.2, -0.15) is 0 Å². The fourth-order valence-corrected chi connectivity index (χ4v) is 1.96. The highest BCUT2D eigenvalue weighted by Gasteiger charge is 2.20. The van der Waals surface area contributed by atoms with Gasteiger partial charge in [-0.05, 0) is 12.1 Å². The molecule has 0 fully saturated rings. The molecule has 1 aromatic carbocycles. The van der Waals surface area contributed by atoms with E-state index in [4.69, 9.17) is 26.6 Å². The van der Waals surface area contributed by atoms with Crippen LogP contribution in [-0.2, 0) is 14.9 Å². The lowest BCUT2D eigenvalue weighted by atomic mass is 9.92. The summed E-state index contributed by atoms with van der Waals surface area (Å²) in [6.45, 7) is 5.41. The van der Waals surface area contributed by atoms with Gasteiger partial charge in [0.1, 0.15) is 0 Å². The molecule has 0 unspecified atom stereocenters. The number of para-hydroxylation sites is 1. The summed E-state index contributed by atoms with van der Waals surface area (Å²) in [5.74, 6) is -1.11. The maximum absolute atomic E-state index is 11.9. The number of ether oxygens (including phenoxy) is 1. The van der Waals surface area contributed by atoms with E-state index in [0.717, 1.165) is 0 Å². The second-order valence-electron chi connectivity index (χ2n) is 6.15. The lowest BCUT2D eigenvalue weighted by Gasteiger charge is -2.12. The monoisotopic (exact) mass is 351 g/mol. The van der Waals surface area contributed by atoms with E-state index in [1.54, 1.807) is 18.2 Å². The molecule has 1 heterocycles. The van der Waals surface area contributed by atoms with Crippen LogP contribution in [0.1, 0.15) is 36.8 Å². The van der Waals surface area contributed by atoms with Crippen molar-refractivity contribution in [3.05, 3.63) is 40.5 Å². The third-order valence-corrected chi connectivity index (χ3v) is 3.48. The molecule has 1 amide bonds. The molecule has 2 aromatic rings. The van der Waals surface area contributed by atoms with Gasteiger partial charge >= 0.3 is 5.97 Å².